The molecule has 0 bridgehead atoms. The molecule has 0 unspecified atom stereocenters. The molecule has 0 aliphatic carbocycles. The van der Waals surface area contributed by atoms with E-state index < -0.39 is 0 Å². The van der Waals surface area contributed by atoms with Gasteiger partial charge in [-0.15, -0.1) is 0 Å². The molecule has 1 aliphatic rings. The Morgan fingerprint density at radius 1 is 1.22 bits per heavy atom. The fourth-order valence-electron chi connectivity index (χ4n) is 4.01. The summed E-state index contributed by atoms with van der Waals surface area (Å²) in [5.41, 5.74) is 6.20. The molecule has 23 heavy (non-hydrogen) atoms. The number of rotatable bonds is 7. The third kappa shape index (κ3) is 4.09. The number of hydrogen-bond acceptors (Lipinski definition) is 2. The standard InChI is InChI=1S/C21H36N2/c1-7-9-11-23-20-12-16(3)18(15-22-10-8-2)13-19(20)17(4)14-21(23,5)6/h12-13,17,22H,7-11,14-15H2,1-6H3/t17-/m1/s1. The molecule has 2 rings (SSSR count). The van der Waals surface area contributed by atoms with Crippen LogP contribution in [0.15, 0.2) is 12.1 Å². The summed E-state index contributed by atoms with van der Waals surface area (Å²) in [6, 6.07) is 4.93. The first-order chi connectivity index (χ1) is 10.9. The topological polar surface area (TPSA) is 15.3 Å². The van der Waals surface area contributed by atoms with Crippen LogP contribution in [-0.4, -0.2) is 18.6 Å². The van der Waals surface area contributed by atoms with Gasteiger partial charge < -0.3 is 10.2 Å². The highest BCUT2D eigenvalue weighted by Gasteiger charge is 2.36. The van der Waals surface area contributed by atoms with Crippen molar-refractivity contribution in [2.24, 2.45) is 0 Å². The monoisotopic (exact) mass is 316 g/mol. The lowest BCUT2D eigenvalue weighted by Gasteiger charge is -2.48. The number of benzene rings is 1. The van der Waals surface area contributed by atoms with Crippen LogP contribution < -0.4 is 10.2 Å². The van der Waals surface area contributed by atoms with E-state index in [0.29, 0.717) is 5.92 Å². The minimum Gasteiger partial charge on any atom is -0.366 e. The number of aryl methyl sites for hydroxylation is 1. The van der Waals surface area contributed by atoms with E-state index >= 15 is 0 Å². The van der Waals surface area contributed by atoms with Gasteiger partial charge in [0.25, 0.3) is 0 Å². The molecule has 0 amide bonds. The van der Waals surface area contributed by atoms with Gasteiger partial charge in [-0.05, 0) is 75.3 Å². The lowest BCUT2D eigenvalue weighted by Crippen LogP contribution is -2.48. The van der Waals surface area contributed by atoms with Crippen LogP contribution in [0, 0.1) is 6.92 Å². The molecule has 2 heteroatoms. The van der Waals surface area contributed by atoms with E-state index in [1.807, 2.05) is 0 Å². The van der Waals surface area contributed by atoms with E-state index in [1.54, 1.807) is 5.56 Å². The molecule has 2 nitrogen and oxygen atoms in total. The van der Waals surface area contributed by atoms with E-state index in [4.69, 9.17) is 0 Å². The average Bonchev–Trinajstić information content (AvgIpc) is 2.47. The van der Waals surface area contributed by atoms with Gasteiger partial charge in [-0.2, -0.15) is 0 Å². The summed E-state index contributed by atoms with van der Waals surface area (Å²) in [7, 11) is 0. The Kier molecular flexibility index (Phi) is 6.13. The maximum absolute atomic E-state index is 3.56. The van der Waals surface area contributed by atoms with Crippen LogP contribution >= 0.6 is 0 Å². The van der Waals surface area contributed by atoms with Crippen LogP contribution in [-0.2, 0) is 6.54 Å². The Hall–Kier alpha value is -1.02. The molecule has 1 atom stereocenters. The summed E-state index contributed by atoms with van der Waals surface area (Å²) in [6.45, 7) is 17.3. The highest BCUT2D eigenvalue weighted by atomic mass is 15.2. The van der Waals surface area contributed by atoms with E-state index in [1.165, 1.54) is 49.0 Å². The highest BCUT2D eigenvalue weighted by molar-refractivity contribution is 5.62. The molecule has 1 aliphatic heterocycles. The van der Waals surface area contributed by atoms with Gasteiger partial charge in [0.15, 0.2) is 0 Å². The second-order valence-electron chi connectivity index (χ2n) is 7.94. The van der Waals surface area contributed by atoms with E-state index in [0.717, 1.165) is 13.1 Å². The van der Waals surface area contributed by atoms with Crippen LogP contribution in [0.3, 0.4) is 0 Å². The van der Waals surface area contributed by atoms with Crippen LogP contribution in [0.2, 0.25) is 0 Å². The number of unbranched alkanes of at least 4 members (excludes halogenated alkanes) is 1. The van der Waals surface area contributed by atoms with Crippen LogP contribution in [0.1, 0.15) is 82.9 Å². The van der Waals surface area contributed by atoms with Crippen LogP contribution in [0.5, 0.6) is 0 Å². The zero-order valence-electron chi connectivity index (χ0n) is 16.1. The lowest BCUT2D eigenvalue weighted by molar-refractivity contribution is 0.373. The number of nitrogens with zero attached hydrogens (tertiary/aromatic N) is 1. The Labute approximate surface area is 143 Å². The Balaban J connectivity index is 2.34. The molecule has 1 N–H and O–H groups in total. The summed E-state index contributed by atoms with van der Waals surface area (Å²) < 4.78 is 0. The first-order valence-corrected chi connectivity index (χ1v) is 9.52. The molecule has 0 radical (unpaired) electrons. The van der Waals surface area contributed by atoms with Crippen molar-refractivity contribution >= 4 is 5.69 Å². The van der Waals surface area contributed by atoms with Crippen molar-refractivity contribution in [1.29, 1.82) is 0 Å². The van der Waals surface area contributed by atoms with E-state index in [2.05, 4.69) is 63.9 Å². The molecular weight excluding hydrogens is 280 g/mol. The van der Waals surface area contributed by atoms with Gasteiger partial charge in [0.05, 0.1) is 0 Å². The molecule has 1 aromatic rings. The maximum Gasteiger partial charge on any atom is 0.0408 e. The first-order valence-electron chi connectivity index (χ1n) is 9.52. The van der Waals surface area contributed by atoms with Crippen LogP contribution in [0.4, 0.5) is 5.69 Å². The van der Waals surface area contributed by atoms with E-state index in [9.17, 15) is 0 Å². The normalized spacial score (nSPS) is 19.7. The molecule has 0 aromatic heterocycles. The van der Waals surface area contributed by atoms with Gasteiger partial charge in [-0.3, -0.25) is 0 Å². The molecule has 0 fully saturated rings. The van der Waals surface area contributed by atoms with Crippen LogP contribution in [0.25, 0.3) is 0 Å². The fourth-order valence-corrected chi connectivity index (χ4v) is 4.01. The smallest absolute Gasteiger partial charge is 0.0408 e. The highest BCUT2D eigenvalue weighted by Crippen LogP contribution is 2.44. The Morgan fingerprint density at radius 2 is 1.96 bits per heavy atom. The third-order valence-electron chi connectivity index (χ3n) is 5.32. The summed E-state index contributed by atoms with van der Waals surface area (Å²) in [4.78, 5) is 2.67. The second kappa shape index (κ2) is 7.70. The van der Waals surface area contributed by atoms with Crippen molar-refractivity contribution in [3.63, 3.8) is 0 Å². The molecular formula is C21H36N2. The van der Waals surface area contributed by atoms with Gasteiger partial charge in [0.2, 0.25) is 0 Å². The Morgan fingerprint density at radius 3 is 2.61 bits per heavy atom. The fraction of sp³-hybridized carbons (Fsp3) is 0.714. The number of nitrogens with one attached hydrogen (secondary N) is 1. The van der Waals surface area contributed by atoms with Gasteiger partial charge in [-0.25, -0.2) is 0 Å². The minimum atomic E-state index is 0.260. The zero-order valence-corrected chi connectivity index (χ0v) is 16.1. The molecule has 0 spiro atoms. The van der Waals surface area contributed by atoms with E-state index in [-0.39, 0.29) is 5.54 Å². The summed E-state index contributed by atoms with van der Waals surface area (Å²) >= 11 is 0. The van der Waals surface area contributed by atoms with Gasteiger partial charge in [-0.1, -0.05) is 33.3 Å². The van der Waals surface area contributed by atoms with Gasteiger partial charge in [0.1, 0.15) is 0 Å². The number of fused-ring (bicyclic) bond motifs is 1. The van der Waals surface area contributed by atoms with Crippen molar-refractivity contribution in [2.75, 3.05) is 18.0 Å². The van der Waals surface area contributed by atoms with Crippen molar-refractivity contribution in [2.45, 2.75) is 85.2 Å². The molecule has 1 heterocycles. The van der Waals surface area contributed by atoms with Crippen molar-refractivity contribution in [1.82, 2.24) is 5.32 Å². The molecule has 1 aromatic carbocycles. The van der Waals surface area contributed by atoms with Gasteiger partial charge >= 0.3 is 0 Å². The maximum atomic E-state index is 3.56. The molecule has 0 saturated carbocycles. The Bertz CT molecular complexity index is 519. The predicted molar refractivity (Wildman–Crippen MR) is 103 cm³/mol. The minimum absolute atomic E-state index is 0.260. The molecule has 0 saturated heterocycles. The zero-order chi connectivity index (χ0) is 17.0. The van der Waals surface area contributed by atoms with Gasteiger partial charge in [0, 0.05) is 24.3 Å². The largest absolute Gasteiger partial charge is 0.366 e. The van der Waals surface area contributed by atoms with Crippen molar-refractivity contribution in [3.8, 4) is 0 Å². The summed E-state index contributed by atoms with van der Waals surface area (Å²) in [5.74, 6) is 0.642. The predicted octanol–water partition coefficient (Wildman–Crippen LogP) is 5.39. The number of hydrogen-bond donors (Lipinski definition) is 1. The second-order valence-corrected chi connectivity index (χ2v) is 7.94. The van der Waals surface area contributed by atoms with Crippen molar-refractivity contribution in [3.05, 3.63) is 28.8 Å². The average molecular weight is 317 g/mol. The summed E-state index contributed by atoms with van der Waals surface area (Å²) in [6.07, 6.45) is 4.97. The summed E-state index contributed by atoms with van der Waals surface area (Å²) in [5, 5.41) is 3.56. The quantitative estimate of drug-likeness (QED) is 0.679. The lowest BCUT2D eigenvalue weighted by atomic mass is 9.79. The number of anilines is 1. The first kappa shape index (κ1) is 18.3. The third-order valence-corrected chi connectivity index (χ3v) is 5.32. The molecule has 130 valence electrons. The SMILES string of the molecule is CCCCN1c2cc(C)c(CNCCC)cc2[C@H](C)CC1(C)C. The van der Waals surface area contributed by atoms with Crippen molar-refractivity contribution < 1.29 is 0 Å².